The minimum Gasteiger partial charge on any atom is -0.507 e. The van der Waals surface area contributed by atoms with Gasteiger partial charge in [0.15, 0.2) is 11.1 Å². The van der Waals surface area contributed by atoms with Gasteiger partial charge in [-0.3, -0.25) is 4.79 Å². The molecule has 6 heteroatoms. The maximum Gasteiger partial charge on any atom is 0.357 e. The van der Waals surface area contributed by atoms with Gasteiger partial charge >= 0.3 is 5.97 Å². The molecule has 0 unspecified atom stereocenters. The van der Waals surface area contributed by atoms with Crippen molar-refractivity contribution in [3.05, 3.63) is 68.8 Å². The maximum absolute atomic E-state index is 13.9. The van der Waals surface area contributed by atoms with E-state index in [2.05, 4.69) is 4.98 Å². The van der Waals surface area contributed by atoms with Crippen LogP contribution in [0.2, 0.25) is 0 Å². The van der Waals surface area contributed by atoms with E-state index in [1.165, 1.54) is 11.3 Å². The van der Waals surface area contributed by atoms with Crippen LogP contribution in [0.1, 0.15) is 70.1 Å². The van der Waals surface area contributed by atoms with Gasteiger partial charge in [-0.25, -0.2) is 9.78 Å². The number of carbonyl (C=O) groups excluding carboxylic acids is 1. The minimum absolute atomic E-state index is 0.0968. The zero-order valence-electron chi connectivity index (χ0n) is 21.3. The summed E-state index contributed by atoms with van der Waals surface area (Å²) < 4.78 is 5.16. The molecular weight excluding hydrogens is 458 g/mol. The fourth-order valence-electron chi connectivity index (χ4n) is 4.34. The Morgan fingerprint density at radius 2 is 1.57 bits per heavy atom. The van der Waals surface area contributed by atoms with Crippen LogP contribution in [0.5, 0.6) is 5.75 Å². The summed E-state index contributed by atoms with van der Waals surface area (Å²) in [4.78, 5) is 31.7. The number of aromatic nitrogens is 1. The third kappa shape index (κ3) is 4.43. The molecule has 1 heterocycles. The standard InChI is InChI=1S/C29H31NO4S/c1-8-34-27(33)21-15-35-26-22(24(31)18-12-10-9-11-17(18)23(26)30-21)16-13-19(28(2,3)4)25(32)20(14-16)29(5,6)7/h9-15,32H,8H2,1-7H3. The van der Waals surface area contributed by atoms with Gasteiger partial charge in [-0.2, -0.15) is 0 Å². The van der Waals surface area contributed by atoms with Crippen molar-refractivity contribution in [2.45, 2.75) is 59.3 Å². The van der Waals surface area contributed by atoms with Gasteiger partial charge < -0.3 is 9.84 Å². The molecule has 2 aliphatic rings. The lowest BCUT2D eigenvalue weighted by atomic mass is 9.77. The highest BCUT2D eigenvalue weighted by atomic mass is 32.1. The number of carbonyl (C=O) groups is 1. The quantitative estimate of drug-likeness (QED) is 0.250. The molecule has 2 aromatic carbocycles. The van der Waals surface area contributed by atoms with E-state index in [0.29, 0.717) is 26.9 Å². The smallest absolute Gasteiger partial charge is 0.357 e. The molecule has 0 atom stereocenters. The first kappa shape index (κ1) is 24.9. The normalized spacial score (nSPS) is 12.3. The fraction of sp³-hybridized carbons (Fsp3) is 0.345. The molecular formula is C29H31NO4S. The number of hydrogen-bond donors (Lipinski definition) is 1. The Balaban J connectivity index is 2.15. The second kappa shape index (κ2) is 8.76. The van der Waals surface area contributed by atoms with Crippen LogP contribution < -0.4 is 5.43 Å². The first-order chi connectivity index (χ1) is 16.3. The van der Waals surface area contributed by atoms with Crippen LogP contribution in [-0.4, -0.2) is 22.7 Å². The molecule has 1 N–H and O–H groups in total. The molecule has 0 bridgehead atoms. The van der Waals surface area contributed by atoms with Gasteiger partial charge in [-0.1, -0.05) is 65.8 Å². The van der Waals surface area contributed by atoms with Crippen LogP contribution in [0, 0.1) is 0 Å². The zero-order chi connectivity index (χ0) is 25.7. The van der Waals surface area contributed by atoms with Gasteiger partial charge in [0.25, 0.3) is 0 Å². The van der Waals surface area contributed by atoms with Crippen molar-refractivity contribution in [3.8, 4) is 27.4 Å². The highest BCUT2D eigenvalue weighted by Gasteiger charge is 2.29. The van der Waals surface area contributed by atoms with Crippen LogP contribution in [0.3, 0.4) is 0 Å². The second-order valence-electron chi connectivity index (χ2n) is 10.8. The van der Waals surface area contributed by atoms with Crippen LogP contribution in [0.4, 0.5) is 0 Å². The summed E-state index contributed by atoms with van der Waals surface area (Å²) in [5.74, 6) is -0.227. The third-order valence-corrected chi connectivity index (χ3v) is 7.09. The molecule has 0 amide bonds. The van der Waals surface area contributed by atoms with E-state index in [4.69, 9.17) is 4.74 Å². The molecule has 35 heavy (non-hydrogen) atoms. The number of nitrogens with zero attached hydrogens (tertiary/aromatic N) is 1. The first-order valence-corrected chi connectivity index (χ1v) is 12.6. The second-order valence-corrected chi connectivity index (χ2v) is 11.7. The van der Waals surface area contributed by atoms with E-state index < -0.39 is 5.97 Å². The Hall–Kier alpha value is -3.25. The Bertz CT molecular complexity index is 1440. The number of esters is 1. The fourth-order valence-corrected chi connectivity index (χ4v) is 5.31. The van der Waals surface area contributed by atoms with Crippen molar-refractivity contribution in [2.75, 3.05) is 6.61 Å². The van der Waals surface area contributed by atoms with Crippen molar-refractivity contribution >= 4 is 28.1 Å². The summed E-state index contributed by atoms with van der Waals surface area (Å²) in [6.45, 7) is 14.3. The van der Waals surface area contributed by atoms with Gasteiger partial charge in [-0.15, -0.1) is 11.3 Å². The van der Waals surface area contributed by atoms with Crippen molar-refractivity contribution < 1.29 is 14.6 Å². The molecule has 0 radical (unpaired) electrons. The molecule has 1 aliphatic heterocycles. The number of ether oxygens (including phenoxy) is 1. The van der Waals surface area contributed by atoms with Crippen LogP contribution in [0.25, 0.3) is 32.5 Å². The number of aromatic hydroxyl groups is 1. The summed E-state index contributed by atoms with van der Waals surface area (Å²) in [6, 6.07) is 11.2. The predicted molar refractivity (Wildman–Crippen MR) is 143 cm³/mol. The highest BCUT2D eigenvalue weighted by Crippen LogP contribution is 2.44. The summed E-state index contributed by atoms with van der Waals surface area (Å²) in [7, 11) is 0. The molecule has 0 spiro atoms. The SMILES string of the molecule is CCOC(=O)c1csc2c(-c3cc(C(C)(C)C)c(O)c(C(C)(C)C)c3)c(=O)c3ccccc3c-2n1. The third-order valence-electron chi connectivity index (χ3n) is 6.12. The summed E-state index contributed by atoms with van der Waals surface area (Å²) >= 11 is 1.31. The largest absolute Gasteiger partial charge is 0.507 e. The van der Waals surface area contributed by atoms with Gasteiger partial charge in [-0.05, 0) is 35.4 Å². The summed E-state index contributed by atoms with van der Waals surface area (Å²) in [5.41, 5.74) is 2.86. The molecule has 0 saturated carbocycles. The number of fused-ring (bicyclic) bond motifs is 3. The van der Waals surface area contributed by atoms with Gasteiger partial charge in [0.05, 0.1) is 17.2 Å². The number of hydrogen-bond acceptors (Lipinski definition) is 6. The highest BCUT2D eigenvalue weighted by molar-refractivity contribution is 7.14. The van der Waals surface area contributed by atoms with Gasteiger partial charge in [0.2, 0.25) is 0 Å². The Morgan fingerprint density at radius 1 is 1.00 bits per heavy atom. The Morgan fingerprint density at radius 3 is 2.11 bits per heavy atom. The Labute approximate surface area is 209 Å². The topological polar surface area (TPSA) is 76.5 Å². The van der Waals surface area contributed by atoms with Crippen molar-refractivity contribution in [1.82, 2.24) is 4.98 Å². The molecule has 2 aromatic rings. The van der Waals surface area contributed by atoms with Crippen molar-refractivity contribution in [3.63, 3.8) is 0 Å². The van der Waals surface area contributed by atoms with Gasteiger partial charge in [0.1, 0.15) is 5.75 Å². The molecule has 0 fully saturated rings. The zero-order valence-corrected chi connectivity index (χ0v) is 22.1. The predicted octanol–water partition coefficient (Wildman–Crippen LogP) is 6.91. The van der Waals surface area contributed by atoms with Gasteiger partial charge in [0, 0.05) is 32.8 Å². The number of rotatable bonds is 3. The van der Waals surface area contributed by atoms with E-state index in [9.17, 15) is 14.7 Å². The van der Waals surface area contributed by atoms with Crippen LogP contribution in [0.15, 0.2) is 46.6 Å². The van der Waals surface area contributed by atoms with E-state index >= 15 is 0 Å². The maximum atomic E-state index is 13.9. The number of benzene rings is 3. The van der Waals surface area contributed by atoms with Crippen molar-refractivity contribution in [2.24, 2.45) is 0 Å². The number of phenols is 1. The lowest BCUT2D eigenvalue weighted by Crippen LogP contribution is -2.18. The Kier molecular flexibility index (Phi) is 6.22. The average Bonchev–Trinajstić information content (AvgIpc) is 2.78. The van der Waals surface area contributed by atoms with E-state index in [1.807, 2.05) is 71.9 Å². The van der Waals surface area contributed by atoms with E-state index in [1.54, 1.807) is 18.4 Å². The minimum atomic E-state index is -0.489. The first-order valence-electron chi connectivity index (χ1n) is 11.7. The number of phenolic OH excluding ortho intramolecular Hbond substituents is 1. The molecule has 1 aliphatic carbocycles. The molecule has 0 aromatic heterocycles. The molecule has 0 saturated heterocycles. The molecule has 4 rings (SSSR count). The summed E-state index contributed by atoms with van der Waals surface area (Å²) in [6.07, 6.45) is 0. The lowest BCUT2D eigenvalue weighted by Gasteiger charge is -2.28. The molecule has 182 valence electrons. The lowest BCUT2D eigenvalue weighted by molar-refractivity contribution is 0.0520. The average molecular weight is 490 g/mol. The van der Waals surface area contributed by atoms with Crippen molar-refractivity contribution in [1.29, 1.82) is 0 Å². The van der Waals surface area contributed by atoms with E-state index in [-0.39, 0.29) is 34.3 Å². The summed E-state index contributed by atoms with van der Waals surface area (Å²) in [5, 5.41) is 14.1. The monoisotopic (exact) mass is 489 g/mol. The van der Waals surface area contributed by atoms with Crippen LogP contribution >= 0.6 is 11.3 Å². The molecule has 5 nitrogen and oxygen atoms in total. The van der Waals surface area contributed by atoms with Crippen LogP contribution in [-0.2, 0) is 15.6 Å². The van der Waals surface area contributed by atoms with E-state index in [0.717, 1.165) is 16.7 Å².